The minimum Gasteiger partial charge on any atom is -0.388 e. The van der Waals surface area contributed by atoms with E-state index in [4.69, 9.17) is 4.74 Å². The molecule has 3 heterocycles. The molecule has 2 aliphatic rings. The second-order valence-electron chi connectivity index (χ2n) is 7.24. The minimum absolute atomic E-state index is 0.125. The third-order valence-electron chi connectivity index (χ3n) is 5.18. The van der Waals surface area contributed by atoms with Crippen LogP contribution in [0, 0.1) is 5.41 Å². The van der Waals surface area contributed by atoms with Gasteiger partial charge in [0.25, 0.3) is 0 Å². The topological polar surface area (TPSA) is 48.8 Å². The van der Waals surface area contributed by atoms with Crippen molar-refractivity contribution in [2.45, 2.75) is 32.4 Å². The molecular weight excluding hydrogens is 298 g/mol. The van der Waals surface area contributed by atoms with Gasteiger partial charge in [-0.25, -0.2) is 4.98 Å². The smallest absolute Gasteiger partial charge is 0.0849 e. The molecule has 0 saturated carbocycles. The number of hydrogen-bond acceptors (Lipinski definition) is 6. The number of aliphatic hydroxyl groups is 1. The maximum atomic E-state index is 11.3. The van der Waals surface area contributed by atoms with Crippen molar-refractivity contribution in [1.29, 1.82) is 0 Å². The number of nitrogens with zero attached hydrogens (tertiary/aromatic N) is 3. The Morgan fingerprint density at radius 3 is 2.68 bits per heavy atom. The van der Waals surface area contributed by atoms with Crippen LogP contribution in [0.15, 0.2) is 10.9 Å². The highest BCUT2D eigenvalue weighted by Crippen LogP contribution is 2.39. The molecular formula is C16H27N3O2S. The summed E-state index contributed by atoms with van der Waals surface area (Å²) in [6, 6.07) is 0. The highest BCUT2D eigenvalue weighted by molar-refractivity contribution is 7.07. The summed E-state index contributed by atoms with van der Waals surface area (Å²) in [4.78, 5) is 9.15. The molecule has 1 aromatic heterocycles. The summed E-state index contributed by atoms with van der Waals surface area (Å²) >= 11 is 1.65. The Balaban J connectivity index is 1.61. The van der Waals surface area contributed by atoms with Gasteiger partial charge in [-0.1, -0.05) is 13.8 Å². The molecule has 1 unspecified atom stereocenters. The van der Waals surface area contributed by atoms with Gasteiger partial charge >= 0.3 is 0 Å². The zero-order valence-corrected chi connectivity index (χ0v) is 14.4. The van der Waals surface area contributed by atoms with E-state index in [2.05, 4.69) is 34.0 Å². The van der Waals surface area contributed by atoms with Crippen LogP contribution in [-0.4, -0.2) is 71.4 Å². The predicted molar refractivity (Wildman–Crippen MR) is 88.0 cm³/mol. The molecule has 0 radical (unpaired) electrons. The van der Waals surface area contributed by atoms with Crippen LogP contribution in [-0.2, 0) is 11.3 Å². The van der Waals surface area contributed by atoms with Crippen LogP contribution in [0.3, 0.4) is 0 Å². The van der Waals surface area contributed by atoms with Crippen molar-refractivity contribution in [2.75, 3.05) is 45.9 Å². The summed E-state index contributed by atoms with van der Waals surface area (Å²) in [6.45, 7) is 11.3. The first-order valence-electron chi connectivity index (χ1n) is 8.10. The Bertz CT molecular complexity index is 474. The first-order chi connectivity index (χ1) is 10.5. The second kappa shape index (κ2) is 6.53. The number of piperidine rings is 1. The average Bonchev–Trinajstić information content (AvgIpc) is 2.97. The number of hydrogen-bond donors (Lipinski definition) is 1. The summed E-state index contributed by atoms with van der Waals surface area (Å²) in [5.41, 5.74) is 2.28. The van der Waals surface area contributed by atoms with Crippen LogP contribution in [0.1, 0.15) is 26.0 Å². The predicted octanol–water partition coefficient (Wildman–Crippen LogP) is 1.44. The van der Waals surface area contributed by atoms with E-state index in [0.717, 1.165) is 64.6 Å². The summed E-state index contributed by atoms with van der Waals surface area (Å²) < 4.78 is 5.41. The highest BCUT2D eigenvalue weighted by atomic mass is 32.1. The van der Waals surface area contributed by atoms with Crippen molar-refractivity contribution in [3.8, 4) is 0 Å². The summed E-state index contributed by atoms with van der Waals surface area (Å²) in [6.07, 6.45) is 0.821. The SMILES string of the molecule is CC1(C)CN(Cc2cscn2)CCC1(O)CN1CCOCC1. The van der Waals surface area contributed by atoms with Gasteiger partial charge in [-0.05, 0) is 6.42 Å². The van der Waals surface area contributed by atoms with Crippen molar-refractivity contribution in [1.82, 2.24) is 14.8 Å². The summed E-state index contributed by atoms with van der Waals surface area (Å²) in [5.74, 6) is 0. The van der Waals surface area contributed by atoms with Crippen LogP contribution < -0.4 is 0 Å². The quantitative estimate of drug-likeness (QED) is 0.908. The number of thiazole rings is 1. The summed E-state index contributed by atoms with van der Waals surface area (Å²) in [7, 11) is 0. The molecule has 5 nitrogen and oxygen atoms in total. The monoisotopic (exact) mass is 325 g/mol. The van der Waals surface area contributed by atoms with E-state index in [-0.39, 0.29) is 5.41 Å². The number of aromatic nitrogens is 1. The molecule has 2 fully saturated rings. The van der Waals surface area contributed by atoms with E-state index < -0.39 is 5.60 Å². The van der Waals surface area contributed by atoms with Crippen LogP contribution in [0.25, 0.3) is 0 Å². The fourth-order valence-corrected chi connectivity index (χ4v) is 4.12. The van der Waals surface area contributed by atoms with E-state index in [1.807, 2.05) is 5.51 Å². The first-order valence-corrected chi connectivity index (χ1v) is 9.05. The van der Waals surface area contributed by atoms with Crippen molar-refractivity contribution in [2.24, 2.45) is 5.41 Å². The normalized spacial score (nSPS) is 30.5. The molecule has 1 N–H and O–H groups in total. The lowest BCUT2D eigenvalue weighted by molar-refractivity contribution is -0.141. The average molecular weight is 325 g/mol. The molecule has 0 amide bonds. The number of β-amino-alcohol motifs (C(OH)–C–C–N with tert-alkyl or cyclic N) is 1. The molecule has 22 heavy (non-hydrogen) atoms. The van der Waals surface area contributed by atoms with E-state index in [0.29, 0.717) is 0 Å². The lowest BCUT2D eigenvalue weighted by Crippen LogP contribution is -2.62. The lowest BCUT2D eigenvalue weighted by Gasteiger charge is -2.52. The van der Waals surface area contributed by atoms with Crippen LogP contribution in [0.2, 0.25) is 0 Å². The van der Waals surface area contributed by atoms with Crippen molar-refractivity contribution >= 4 is 11.3 Å². The molecule has 124 valence electrons. The molecule has 1 atom stereocenters. The Morgan fingerprint density at radius 1 is 1.27 bits per heavy atom. The molecule has 2 saturated heterocycles. The van der Waals surface area contributed by atoms with Gasteiger partial charge < -0.3 is 9.84 Å². The van der Waals surface area contributed by atoms with Gasteiger partial charge in [0, 0.05) is 50.1 Å². The molecule has 0 aromatic carbocycles. The maximum Gasteiger partial charge on any atom is 0.0849 e. The maximum absolute atomic E-state index is 11.3. The highest BCUT2D eigenvalue weighted by Gasteiger charge is 2.48. The first kappa shape index (κ1) is 16.3. The number of likely N-dealkylation sites (tertiary alicyclic amines) is 1. The van der Waals surface area contributed by atoms with E-state index >= 15 is 0 Å². The van der Waals surface area contributed by atoms with Crippen molar-refractivity contribution in [3.05, 3.63) is 16.6 Å². The molecule has 3 rings (SSSR count). The van der Waals surface area contributed by atoms with Crippen LogP contribution in [0.5, 0.6) is 0 Å². The van der Waals surface area contributed by atoms with Gasteiger partial charge in [0.2, 0.25) is 0 Å². The van der Waals surface area contributed by atoms with E-state index in [1.54, 1.807) is 11.3 Å². The standard InChI is InChI=1S/C16H27N3O2S/c1-15(2)11-19(9-14-10-22-13-17-14)4-3-16(15,20)12-18-5-7-21-8-6-18/h10,13,20H,3-9,11-12H2,1-2H3. The molecule has 0 spiro atoms. The number of rotatable bonds is 4. The number of ether oxygens (including phenoxy) is 1. The fourth-order valence-electron chi connectivity index (χ4n) is 3.57. The van der Waals surface area contributed by atoms with Gasteiger partial charge in [-0.3, -0.25) is 9.80 Å². The van der Waals surface area contributed by atoms with Crippen LogP contribution in [0.4, 0.5) is 0 Å². The van der Waals surface area contributed by atoms with Gasteiger partial charge in [-0.2, -0.15) is 0 Å². The Morgan fingerprint density at radius 2 is 2.05 bits per heavy atom. The zero-order chi connectivity index (χ0) is 15.6. The van der Waals surface area contributed by atoms with E-state index in [1.165, 1.54) is 0 Å². The Hall–Kier alpha value is -0.530. The molecule has 0 bridgehead atoms. The zero-order valence-electron chi connectivity index (χ0n) is 13.6. The third-order valence-corrected chi connectivity index (χ3v) is 5.81. The van der Waals surface area contributed by atoms with Gasteiger partial charge in [-0.15, -0.1) is 11.3 Å². The van der Waals surface area contributed by atoms with Gasteiger partial charge in [0.05, 0.1) is 30.0 Å². The lowest BCUT2D eigenvalue weighted by atomic mass is 9.69. The van der Waals surface area contributed by atoms with Crippen LogP contribution >= 0.6 is 11.3 Å². The molecule has 1 aromatic rings. The number of morpholine rings is 1. The largest absolute Gasteiger partial charge is 0.388 e. The molecule has 2 aliphatic heterocycles. The Labute approximate surface area is 136 Å². The van der Waals surface area contributed by atoms with E-state index in [9.17, 15) is 5.11 Å². The Kier molecular flexibility index (Phi) is 4.85. The second-order valence-corrected chi connectivity index (χ2v) is 7.96. The molecule has 0 aliphatic carbocycles. The summed E-state index contributed by atoms with van der Waals surface area (Å²) in [5, 5.41) is 13.4. The minimum atomic E-state index is -0.622. The van der Waals surface area contributed by atoms with Gasteiger partial charge in [0.1, 0.15) is 0 Å². The van der Waals surface area contributed by atoms with Crippen molar-refractivity contribution < 1.29 is 9.84 Å². The van der Waals surface area contributed by atoms with Crippen molar-refractivity contribution in [3.63, 3.8) is 0 Å². The fraction of sp³-hybridized carbons (Fsp3) is 0.812. The molecule has 6 heteroatoms. The third kappa shape index (κ3) is 3.51. The van der Waals surface area contributed by atoms with Gasteiger partial charge in [0.15, 0.2) is 0 Å².